The number of hydroxylamine groups is 1. The summed E-state index contributed by atoms with van der Waals surface area (Å²) >= 11 is 0. The van der Waals surface area contributed by atoms with Crippen molar-refractivity contribution in [3.8, 4) is 0 Å². The number of hydrogen-bond acceptors (Lipinski definition) is 3. The third-order valence-electron chi connectivity index (χ3n) is 0.661. The zero-order chi connectivity index (χ0) is 7.28. The van der Waals surface area contributed by atoms with Gasteiger partial charge in [-0.3, -0.25) is 9.63 Å². The Morgan fingerprint density at radius 2 is 2.44 bits per heavy atom. The van der Waals surface area contributed by atoms with Crippen molar-refractivity contribution < 1.29 is 14.7 Å². The SMILES string of the molecule is CC(=O)NO[C@@H](C)CO. The predicted octanol–water partition coefficient (Wildman–Crippen LogP) is -0.565. The molecule has 0 spiro atoms. The summed E-state index contributed by atoms with van der Waals surface area (Å²) in [5, 5.41) is 8.37. The van der Waals surface area contributed by atoms with Crippen LogP contribution in [0, 0.1) is 0 Å². The Bertz CT molecular complexity index is 94.2. The maximum atomic E-state index is 10.1. The summed E-state index contributed by atoms with van der Waals surface area (Å²) in [6, 6.07) is 0. The van der Waals surface area contributed by atoms with Crippen LogP contribution < -0.4 is 5.48 Å². The molecular weight excluding hydrogens is 122 g/mol. The molecule has 0 bridgehead atoms. The second-order valence-corrected chi connectivity index (χ2v) is 1.77. The third kappa shape index (κ3) is 5.26. The Labute approximate surface area is 53.8 Å². The van der Waals surface area contributed by atoms with Crippen molar-refractivity contribution in [1.82, 2.24) is 5.48 Å². The molecule has 2 N–H and O–H groups in total. The van der Waals surface area contributed by atoms with Crippen molar-refractivity contribution in [3.63, 3.8) is 0 Å². The lowest BCUT2D eigenvalue weighted by Gasteiger charge is -2.07. The van der Waals surface area contributed by atoms with Gasteiger partial charge < -0.3 is 5.11 Å². The fourth-order valence-corrected chi connectivity index (χ4v) is 0.221. The van der Waals surface area contributed by atoms with E-state index in [2.05, 4.69) is 10.3 Å². The molecule has 4 nitrogen and oxygen atoms in total. The molecule has 0 aliphatic rings. The topological polar surface area (TPSA) is 58.6 Å². The van der Waals surface area contributed by atoms with Gasteiger partial charge in [0.25, 0.3) is 0 Å². The van der Waals surface area contributed by atoms with Crippen LogP contribution in [-0.2, 0) is 9.63 Å². The summed E-state index contributed by atoms with van der Waals surface area (Å²) in [5.41, 5.74) is 2.10. The molecule has 9 heavy (non-hydrogen) atoms. The highest BCUT2D eigenvalue weighted by atomic mass is 16.7. The van der Waals surface area contributed by atoms with E-state index in [1.54, 1.807) is 6.92 Å². The summed E-state index contributed by atoms with van der Waals surface area (Å²) in [5.74, 6) is -0.268. The van der Waals surface area contributed by atoms with Gasteiger partial charge in [0.2, 0.25) is 5.91 Å². The lowest BCUT2D eigenvalue weighted by atomic mass is 10.5. The highest BCUT2D eigenvalue weighted by Gasteiger charge is 1.98. The molecule has 0 fully saturated rings. The van der Waals surface area contributed by atoms with Crippen LogP contribution in [0.4, 0.5) is 0 Å². The van der Waals surface area contributed by atoms with Crippen LogP contribution in [0.3, 0.4) is 0 Å². The van der Waals surface area contributed by atoms with E-state index in [0.717, 1.165) is 0 Å². The number of nitrogens with one attached hydrogen (secondary N) is 1. The zero-order valence-electron chi connectivity index (χ0n) is 5.55. The molecule has 0 unspecified atom stereocenters. The molecule has 0 aromatic carbocycles. The maximum absolute atomic E-state index is 10.1. The quantitative estimate of drug-likeness (QED) is 0.507. The number of carbonyl (C=O) groups excluding carboxylic acids is 1. The molecule has 0 aliphatic heterocycles. The van der Waals surface area contributed by atoms with E-state index >= 15 is 0 Å². The monoisotopic (exact) mass is 133 g/mol. The van der Waals surface area contributed by atoms with Crippen molar-refractivity contribution in [2.45, 2.75) is 20.0 Å². The van der Waals surface area contributed by atoms with Gasteiger partial charge in [0.15, 0.2) is 0 Å². The van der Waals surface area contributed by atoms with E-state index < -0.39 is 0 Å². The standard InChI is InChI=1S/C5H11NO3/c1-4(3-7)9-6-5(2)8/h4,7H,3H2,1-2H3,(H,6,8)/t4-/m0/s1. The van der Waals surface area contributed by atoms with Gasteiger partial charge in [-0.15, -0.1) is 0 Å². The van der Waals surface area contributed by atoms with E-state index in [0.29, 0.717) is 0 Å². The van der Waals surface area contributed by atoms with Gasteiger partial charge in [-0.05, 0) is 6.92 Å². The second-order valence-electron chi connectivity index (χ2n) is 1.77. The molecule has 54 valence electrons. The summed E-state index contributed by atoms with van der Waals surface area (Å²) < 4.78 is 0. The van der Waals surface area contributed by atoms with E-state index in [1.807, 2.05) is 0 Å². The van der Waals surface area contributed by atoms with Crippen molar-refractivity contribution in [1.29, 1.82) is 0 Å². The zero-order valence-corrected chi connectivity index (χ0v) is 5.55. The largest absolute Gasteiger partial charge is 0.394 e. The number of hydrogen-bond donors (Lipinski definition) is 2. The van der Waals surface area contributed by atoms with Gasteiger partial charge in [-0.25, -0.2) is 5.48 Å². The van der Waals surface area contributed by atoms with Crippen LogP contribution in [0.15, 0.2) is 0 Å². The highest BCUT2D eigenvalue weighted by molar-refractivity contribution is 5.71. The molecular formula is C5H11NO3. The molecule has 0 saturated carbocycles. The van der Waals surface area contributed by atoms with Gasteiger partial charge in [-0.2, -0.15) is 0 Å². The Morgan fingerprint density at radius 3 is 2.78 bits per heavy atom. The molecule has 0 rings (SSSR count). The molecule has 0 radical (unpaired) electrons. The first-order chi connectivity index (χ1) is 4.16. The summed E-state index contributed by atoms with van der Waals surface area (Å²) in [6.07, 6.45) is -0.339. The van der Waals surface area contributed by atoms with Crippen LogP contribution in [-0.4, -0.2) is 23.7 Å². The smallest absolute Gasteiger partial charge is 0.240 e. The van der Waals surface area contributed by atoms with Crippen LogP contribution in [0.5, 0.6) is 0 Å². The molecule has 0 aliphatic carbocycles. The van der Waals surface area contributed by atoms with E-state index in [-0.39, 0.29) is 18.6 Å². The maximum Gasteiger partial charge on any atom is 0.240 e. The van der Waals surface area contributed by atoms with Gasteiger partial charge in [0.05, 0.1) is 6.61 Å². The van der Waals surface area contributed by atoms with Gasteiger partial charge in [0, 0.05) is 6.92 Å². The first-order valence-electron chi connectivity index (χ1n) is 2.70. The third-order valence-corrected chi connectivity index (χ3v) is 0.661. The Hall–Kier alpha value is -0.610. The minimum absolute atomic E-state index is 0.0969. The molecule has 1 atom stereocenters. The van der Waals surface area contributed by atoms with Crippen LogP contribution in [0.25, 0.3) is 0 Å². The first-order valence-corrected chi connectivity index (χ1v) is 2.70. The molecule has 0 saturated heterocycles. The lowest BCUT2D eigenvalue weighted by molar-refractivity contribution is -0.137. The fourth-order valence-electron chi connectivity index (χ4n) is 0.221. The molecule has 0 heterocycles. The normalized spacial score (nSPS) is 12.8. The molecule has 0 aromatic rings. The summed E-state index contributed by atoms with van der Waals surface area (Å²) in [4.78, 5) is 14.7. The van der Waals surface area contributed by atoms with Gasteiger partial charge in [-0.1, -0.05) is 0 Å². The number of aliphatic hydroxyl groups excluding tert-OH is 1. The number of aliphatic hydroxyl groups is 1. The Morgan fingerprint density at radius 1 is 1.89 bits per heavy atom. The van der Waals surface area contributed by atoms with Crippen LogP contribution in [0.1, 0.15) is 13.8 Å². The average Bonchev–Trinajstić information content (AvgIpc) is 1.83. The Balaban J connectivity index is 3.16. The molecule has 0 aromatic heterocycles. The second kappa shape index (κ2) is 4.29. The Kier molecular flexibility index (Phi) is 4.00. The summed E-state index contributed by atoms with van der Waals surface area (Å²) in [6.45, 7) is 2.89. The number of amides is 1. The van der Waals surface area contributed by atoms with Crippen molar-refractivity contribution in [2.75, 3.05) is 6.61 Å². The van der Waals surface area contributed by atoms with Gasteiger partial charge >= 0.3 is 0 Å². The van der Waals surface area contributed by atoms with Crippen LogP contribution in [0.2, 0.25) is 0 Å². The van der Waals surface area contributed by atoms with Crippen molar-refractivity contribution in [2.24, 2.45) is 0 Å². The molecule has 4 heteroatoms. The summed E-state index contributed by atoms with van der Waals surface area (Å²) in [7, 11) is 0. The molecule has 1 amide bonds. The first kappa shape index (κ1) is 8.39. The minimum atomic E-state index is -0.339. The van der Waals surface area contributed by atoms with Gasteiger partial charge in [0.1, 0.15) is 6.10 Å². The minimum Gasteiger partial charge on any atom is -0.394 e. The van der Waals surface area contributed by atoms with Crippen LogP contribution >= 0.6 is 0 Å². The average molecular weight is 133 g/mol. The number of carbonyl (C=O) groups is 1. The van der Waals surface area contributed by atoms with E-state index in [9.17, 15) is 4.79 Å². The van der Waals surface area contributed by atoms with E-state index in [4.69, 9.17) is 5.11 Å². The lowest BCUT2D eigenvalue weighted by Crippen LogP contribution is -2.27. The fraction of sp³-hybridized carbons (Fsp3) is 0.800. The number of rotatable bonds is 3. The van der Waals surface area contributed by atoms with E-state index in [1.165, 1.54) is 6.92 Å². The van der Waals surface area contributed by atoms with Crippen molar-refractivity contribution in [3.05, 3.63) is 0 Å². The predicted molar refractivity (Wildman–Crippen MR) is 31.4 cm³/mol. The van der Waals surface area contributed by atoms with Crippen molar-refractivity contribution >= 4 is 5.91 Å². The highest BCUT2D eigenvalue weighted by Crippen LogP contribution is 1.82.